The Kier molecular flexibility index (Phi) is 6.91. The average molecular weight is 354 g/mol. The third-order valence-corrected chi connectivity index (χ3v) is 3.73. The van der Waals surface area contributed by atoms with E-state index in [4.69, 9.17) is 4.74 Å². The lowest BCUT2D eigenvalue weighted by Gasteiger charge is -2.14. The summed E-state index contributed by atoms with van der Waals surface area (Å²) in [6, 6.07) is 16.0. The first kappa shape index (κ1) is 19.2. The predicted molar refractivity (Wildman–Crippen MR) is 99.8 cm³/mol. The fourth-order valence-corrected chi connectivity index (χ4v) is 2.50. The fraction of sp³-hybridized carbons (Fsp3) is 0.250. The van der Waals surface area contributed by atoms with E-state index in [9.17, 15) is 14.4 Å². The number of amides is 2. The first-order valence-electron chi connectivity index (χ1n) is 8.38. The number of benzene rings is 2. The molecule has 0 spiro atoms. The van der Waals surface area contributed by atoms with E-state index in [1.165, 1.54) is 6.92 Å². The van der Waals surface area contributed by atoms with Crippen molar-refractivity contribution in [3.63, 3.8) is 0 Å². The van der Waals surface area contributed by atoms with Gasteiger partial charge in [0.05, 0.1) is 5.92 Å². The van der Waals surface area contributed by atoms with Crippen LogP contribution in [-0.4, -0.2) is 24.4 Å². The minimum absolute atomic E-state index is 0.169. The zero-order chi connectivity index (χ0) is 18.9. The molecule has 2 aromatic rings. The molecule has 0 aliphatic rings. The highest BCUT2D eigenvalue weighted by atomic mass is 16.5. The Bertz CT molecular complexity index is 757. The maximum absolute atomic E-state index is 12.2. The Morgan fingerprint density at radius 1 is 0.923 bits per heavy atom. The van der Waals surface area contributed by atoms with E-state index in [2.05, 4.69) is 10.6 Å². The van der Waals surface area contributed by atoms with Crippen LogP contribution in [0, 0.1) is 0 Å². The summed E-state index contributed by atoms with van der Waals surface area (Å²) in [6.07, 6.45) is 0.592. The van der Waals surface area contributed by atoms with Crippen LogP contribution in [-0.2, 0) is 19.1 Å². The molecule has 0 unspecified atom stereocenters. The Hall–Kier alpha value is -3.15. The summed E-state index contributed by atoms with van der Waals surface area (Å²) >= 11 is 0. The van der Waals surface area contributed by atoms with Crippen LogP contribution in [0.3, 0.4) is 0 Å². The number of rotatable bonds is 7. The van der Waals surface area contributed by atoms with Crippen molar-refractivity contribution in [1.29, 1.82) is 0 Å². The first-order valence-corrected chi connectivity index (χ1v) is 8.38. The third-order valence-electron chi connectivity index (χ3n) is 3.73. The quantitative estimate of drug-likeness (QED) is 0.747. The molecule has 0 saturated carbocycles. The van der Waals surface area contributed by atoms with Crippen molar-refractivity contribution in [2.45, 2.75) is 26.2 Å². The van der Waals surface area contributed by atoms with E-state index in [1.807, 2.05) is 37.3 Å². The number of hydrogen-bond donors (Lipinski definition) is 2. The molecule has 0 bridgehead atoms. The lowest BCUT2D eigenvalue weighted by molar-refractivity contribution is -0.149. The van der Waals surface area contributed by atoms with Crippen molar-refractivity contribution in [3.8, 4) is 0 Å². The number of nitrogens with one attached hydrogen (secondary N) is 2. The van der Waals surface area contributed by atoms with Gasteiger partial charge in [0.25, 0.3) is 5.91 Å². The van der Waals surface area contributed by atoms with Crippen LogP contribution in [0.25, 0.3) is 0 Å². The second kappa shape index (κ2) is 9.36. The molecular weight excluding hydrogens is 332 g/mol. The number of anilines is 2. The van der Waals surface area contributed by atoms with Crippen LogP contribution in [0.4, 0.5) is 11.4 Å². The Labute approximate surface area is 152 Å². The van der Waals surface area contributed by atoms with Crippen molar-refractivity contribution in [2.75, 3.05) is 17.2 Å². The van der Waals surface area contributed by atoms with Gasteiger partial charge in [0.1, 0.15) is 0 Å². The third kappa shape index (κ3) is 5.73. The Balaban J connectivity index is 1.85. The number of carbonyl (C=O) groups is 3. The lowest BCUT2D eigenvalue weighted by Crippen LogP contribution is -2.23. The maximum Gasteiger partial charge on any atom is 0.313 e. The standard InChI is InChI=1S/C20H22N2O4/c1-3-18(15-7-5-4-6-8-15)20(25)26-13-19(24)22-17-11-9-16(10-12-17)21-14(2)23/h4-12,18H,3,13H2,1-2H3,(H,21,23)(H,22,24)/t18-/m0/s1. The molecule has 26 heavy (non-hydrogen) atoms. The number of ether oxygens (including phenoxy) is 1. The van der Waals surface area contributed by atoms with Gasteiger partial charge in [-0.25, -0.2) is 0 Å². The van der Waals surface area contributed by atoms with Crippen LogP contribution < -0.4 is 10.6 Å². The van der Waals surface area contributed by atoms with Crippen molar-refractivity contribution in [2.24, 2.45) is 0 Å². The summed E-state index contributed by atoms with van der Waals surface area (Å²) in [6.45, 7) is 2.97. The van der Waals surface area contributed by atoms with E-state index in [0.717, 1.165) is 5.56 Å². The van der Waals surface area contributed by atoms with Crippen LogP contribution in [0.1, 0.15) is 31.7 Å². The van der Waals surface area contributed by atoms with Gasteiger partial charge in [-0.3, -0.25) is 14.4 Å². The van der Waals surface area contributed by atoms with E-state index in [-0.39, 0.29) is 18.4 Å². The van der Waals surface area contributed by atoms with E-state index >= 15 is 0 Å². The van der Waals surface area contributed by atoms with Crippen molar-refractivity contribution >= 4 is 29.2 Å². The van der Waals surface area contributed by atoms with Gasteiger partial charge in [0, 0.05) is 18.3 Å². The Morgan fingerprint density at radius 2 is 1.50 bits per heavy atom. The number of carbonyl (C=O) groups excluding carboxylic acids is 3. The minimum Gasteiger partial charge on any atom is -0.455 e. The molecule has 2 rings (SSSR count). The van der Waals surface area contributed by atoms with Crippen molar-refractivity contribution < 1.29 is 19.1 Å². The summed E-state index contributed by atoms with van der Waals surface area (Å²) in [5.74, 6) is -1.40. The molecule has 2 aromatic carbocycles. The lowest BCUT2D eigenvalue weighted by atomic mass is 9.97. The predicted octanol–water partition coefficient (Wildman–Crippen LogP) is 3.32. The topological polar surface area (TPSA) is 84.5 Å². The Morgan fingerprint density at radius 3 is 2.04 bits per heavy atom. The number of esters is 1. The highest BCUT2D eigenvalue weighted by molar-refractivity contribution is 5.94. The van der Waals surface area contributed by atoms with Crippen LogP contribution in [0.15, 0.2) is 54.6 Å². The zero-order valence-electron chi connectivity index (χ0n) is 14.8. The van der Waals surface area contributed by atoms with Crippen LogP contribution in [0.2, 0.25) is 0 Å². The molecule has 2 N–H and O–H groups in total. The smallest absolute Gasteiger partial charge is 0.313 e. The molecule has 0 saturated heterocycles. The monoisotopic (exact) mass is 354 g/mol. The van der Waals surface area contributed by atoms with Crippen LogP contribution in [0.5, 0.6) is 0 Å². The van der Waals surface area contributed by atoms with Gasteiger partial charge in [0.2, 0.25) is 5.91 Å². The summed E-state index contributed by atoms with van der Waals surface area (Å²) in [5, 5.41) is 5.28. The van der Waals surface area contributed by atoms with Crippen LogP contribution >= 0.6 is 0 Å². The summed E-state index contributed by atoms with van der Waals surface area (Å²) in [7, 11) is 0. The molecule has 0 radical (unpaired) electrons. The van der Waals surface area contributed by atoms with Gasteiger partial charge in [-0.05, 0) is 36.2 Å². The van der Waals surface area contributed by atoms with E-state index in [1.54, 1.807) is 24.3 Å². The number of hydrogen-bond acceptors (Lipinski definition) is 4. The minimum atomic E-state index is -0.423. The first-order chi connectivity index (χ1) is 12.5. The highest BCUT2D eigenvalue weighted by Gasteiger charge is 2.20. The van der Waals surface area contributed by atoms with Gasteiger partial charge >= 0.3 is 5.97 Å². The molecular formula is C20H22N2O4. The molecule has 136 valence electrons. The second-order valence-electron chi connectivity index (χ2n) is 5.79. The van der Waals surface area contributed by atoms with Gasteiger partial charge in [-0.1, -0.05) is 37.3 Å². The summed E-state index contributed by atoms with van der Waals surface area (Å²) < 4.78 is 5.15. The molecule has 0 heterocycles. The molecule has 0 aliphatic heterocycles. The summed E-state index contributed by atoms with van der Waals surface area (Å²) in [5.41, 5.74) is 2.06. The molecule has 1 atom stereocenters. The van der Waals surface area contributed by atoms with Gasteiger partial charge in [-0.2, -0.15) is 0 Å². The normalized spacial score (nSPS) is 11.3. The highest BCUT2D eigenvalue weighted by Crippen LogP contribution is 2.20. The maximum atomic E-state index is 12.2. The SMILES string of the molecule is CC[C@H](C(=O)OCC(=O)Nc1ccc(NC(C)=O)cc1)c1ccccc1. The molecule has 6 heteroatoms. The fourth-order valence-electron chi connectivity index (χ4n) is 2.50. The molecule has 0 aliphatic carbocycles. The van der Waals surface area contributed by atoms with Gasteiger partial charge in [-0.15, -0.1) is 0 Å². The molecule has 6 nitrogen and oxygen atoms in total. The van der Waals surface area contributed by atoms with Crippen molar-refractivity contribution in [1.82, 2.24) is 0 Å². The largest absolute Gasteiger partial charge is 0.455 e. The molecule has 0 fully saturated rings. The van der Waals surface area contributed by atoms with E-state index < -0.39 is 11.9 Å². The second-order valence-corrected chi connectivity index (χ2v) is 5.79. The van der Waals surface area contributed by atoms with Gasteiger partial charge < -0.3 is 15.4 Å². The zero-order valence-corrected chi connectivity index (χ0v) is 14.8. The molecule has 0 aromatic heterocycles. The van der Waals surface area contributed by atoms with E-state index in [0.29, 0.717) is 17.8 Å². The average Bonchev–Trinajstić information content (AvgIpc) is 2.63. The summed E-state index contributed by atoms with van der Waals surface area (Å²) in [4.78, 5) is 35.2. The van der Waals surface area contributed by atoms with Crippen molar-refractivity contribution in [3.05, 3.63) is 60.2 Å². The van der Waals surface area contributed by atoms with Gasteiger partial charge in [0.15, 0.2) is 6.61 Å². The molecule has 2 amide bonds.